The van der Waals surface area contributed by atoms with Gasteiger partial charge in [-0.15, -0.1) is 0 Å². The van der Waals surface area contributed by atoms with Crippen LogP contribution in [0.4, 0.5) is 0 Å². The standard InChI is InChI=1S/C11H17N3O5/c1-5-3-14(11(18)13-10(5)17)8-2-7(16)9(19-8)6(12)4-15/h3,6-9,15-16H,2,4,12H2,1H3,(H,13,17,18)/t6-,7+,8-,9-/m1/s1. The van der Waals surface area contributed by atoms with Crippen LogP contribution >= 0.6 is 0 Å². The van der Waals surface area contributed by atoms with Crippen LogP contribution in [-0.2, 0) is 4.74 Å². The normalized spacial score (nSPS) is 28.5. The van der Waals surface area contributed by atoms with E-state index in [0.29, 0.717) is 5.56 Å². The van der Waals surface area contributed by atoms with E-state index in [1.165, 1.54) is 10.8 Å². The molecule has 1 aromatic heterocycles. The molecular formula is C11H17N3O5. The molecule has 19 heavy (non-hydrogen) atoms. The van der Waals surface area contributed by atoms with E-state index in [4.69, 9.17) is 15.6 Å². The fourth-order valence-corrected chi connectivity index (χ4v) is 2.14. The number of aliphatic hydroxyl groups excluding tert-OH is 2. The summed E-state index contributed by atoms with van der Waals surface area (Å²) < 4.78 is 6.71. The maximum Gasteiger partial charge on any atom is 0.330 e. The summed E-state index contributed by atoms with van der Waals surface area (Å²) >= 11 is 0. The van der Waals surface area contributed by atoms with E-state index in [0.717, 1.165) is 0 Å². The Morgan fingerprint density at radius 3 is 2.95 bits per heavy atom. The third-order valence-corrected chi connectivity index (χ3v) is 3.23. The van der Waals surface area contributed by atoms with Gasteiger partial charge in [-0.1, -0.05) is 0 Å². The molecule has 1 fully saturated rings. The summed E-state index contributed by atoms with van der Waals surface area (Å²) in [5.41, 5.74) is 4.93. The lowest BCUT2D eigenvalue weighted by atomic mass is 10.1. The van der Waals surface area contributed by atoms with Crippen LogP contribution in [-0.4, -0.2) is 44.6 Å². The fraction of sp³-hybridized carbons (Fsp3) is 0.636. The zero-order chi connectivity index (χ0) is 14.2. The third kappa shape index (κ3) is 2.61. The quantitative estimate of drug-likeness (QED) is 0.494. The van der Waals surface area contributed by atoms with Crippen molar-refractivity contribution >= 4 is 0 Å². The van der Waals surface area contributed by atoms with E-state index in [1.807, 2.05) is 0 Å². The van der Waals surface area contributed by atoms with Crippen LogP contribution in [0.5, 0.6) is 0 Å². The molecule has 5 N–H and O–H groups in total. The molecule has 106 valence electrons. The minimum absolute atomic E-state index is 0.170. The number of aromatic nitrogens is 2. The molecule has 1 aliphatic rings. The topological polar surface area (TPSA) is 131 Å². The maximum absolute atomic E-state index is 11.7. The molecule has 0 unspecified atom stereocenters. The highest BCUT2D eigenvalue weighted by Crippen LogP contribution is 2.28. The zero-order valence-electron chi connectivity index (χ0n) is 10.4. The van der Waals surface area contributed by atoms with E-state index in [2.05, 4.69) is 4.98 Å². The molecule has 4 atom stereocenters. The number of hydrogen-bond acceptors (Lipinski definition) is 6. The van der Waals surface area contributed by atoms with Gasteiger partial charge < -0.3 is 20.7 Å². The molecule has 0 aliphatic carbocycles. The number of hydrogen-bond donors (Lipinski definition) is 4. The number of H-pyrrole nitrogens is 1. The Hall–Kier alpha value is -1.48. The first-order chi connectivity index (χ1) is 8.93. The van der Waals surface area contributed by atoms with Gasteiger partial charge in [-0.05, 0) is 6.92 Å². The second-order valence-electron chi connectivity index (χ2n) is 4.68. The Balaban J connectivity index is 2.28. The SMILES string of the molecule is Cc1cn([C@H]2C[C@H](O)[C@@H]([C@H](N)CO)O2)c(=O)[nH]c1=O. The van der Waals surface area contributed by atoms with Crippen molar-refractivity contribution in [1.82, 2.24) is 9.55 Å². The summed E-state index contributed by atoms with van der Waals surface area (Å²) in [4.78, 5) is 25.1. The van der Waals surface area contributed by atoms with Crippen molar-refractivity contribution in [3.8, 4) is 0 Å². The van der Waals surface area contributed by atoms with Crippen molar-refractivity contribution in [3.63, 3.8) is 0 Å². The number of ether oxygens (including phenoxy) is 1. The summed E-state index contributed by atoms with van der Waals surface area (Å²) in [6.45, 7) is 1.24. The van der Waals surface area contributed by atoms with Crippen LogP contribution in [0, 0.1) is 6.92 Å². The molecule has 0 spiro atoms. The number of nitrogens with zero attached hydrogens (tertiary/aromatic N) is 1. The van der Waals surface area contributed by atoms with Gasteiger partial charge in [0.1, 0.15) is 12.3 Å². The highest BCUT2D eigenvalue weighted by molar-refractivity contribution is 5.02. The number of nitrogens with one attached hydrogen (secondary N) is 1. The van der Waals surface area contributed by atoms with Gasteiger partial charge in [-0.2, -0.15) is 0 Å². The molecule has 0 saturated carbocycles. The van der Waals surface area contributed by atoms with E-state index >= 15 is 0 Å². The summed E-state index contributed by atoms with van der Waals surface area (Å²) in [7, 11) is 0. The van der Waals surface area contributed by atoms with Crippen LogP contribution in [0.15, 0.2) is 15.8 Å². The molecular weight excluding hydrogens is 254 g/mol. The average molecular weight is 271 g/mol. The van der Waals surface area contributed by atoms with Crippen molar-refractivity contribution in [1.29, 1.82) is 0 Å². The number of aromatic amines is 1. The Labute approximate surface area is 108 Å². The van der Waals surface area contributed by atoms with Gasteiger partial charge in [0.2, 0.25) is 0 Å². The molecule has 1 saturated heterocycles. The second kappa shape index (κ2) is 5.25. The van der Waals surface area contributed by atoms with Crippen molar-refractivity contribution in [3.05, 3.63) is 32.6 Å². The van der Waals surface area contributed by atoms with Crippen molar-refractivity contribution in [2.45, 2.75) is 37.8 Å². The molecule has 0 aromatic carbocycles. The molecule has 8 nitrogen and oxygen atoms in total. The smallest absolute Gasteiger partial charge is 0.330 e. The minimum Gasteiger partial charge on any atom is -0.395 e. The lowest BCUT2D eigenvalue weighted by Crippen LogP contribution is -2.43. The van der Waals surface area contributed by atoms with E-state index in [1.54, 1.807) is 6.92 Å². The lowest BCUT2D eigenvalue weighted by molar-refractivity contribution is -0.0408. The second-order valence-corrected chi connectivity index (χ2v) is 4.68. The molecule has 1 aromatic rings. The molecule has 0 bridgehead atoms. The van der Waals surface area contributed by atoms with Crippen LogP contribution in [0.2, 0.25) is 0 Å². The molecule has 0 radical (unpaired) electrons. The highest BCUT2D eigenvalue weighted by Gasteiger charge is 2.38. The van der Waals surface area contributed by atoms with Gasteiger partial charge in [-0.3, -0.25) is 14.3 Å². The Morgan fingerprint density at radius 2 is 2.32 bits per heavy atom. The number of aliphatic hydroxyl groups is 2. The van der Waals surface area contributed by atoms with Crippen LogP contribution < -0.4 is 17.0 Å². The predicted octanol–water partition coefficient (Wildman–Crippen LogP) is -2.19. The van der Waals surface area contributed by atoms with Gasteiger partial charge in [-0.25, -0.2) is 4.79 Å². The van der Waals surface area contributed by atoms with Crippen molar-refractivity contribution < 1.29 is 14.9 Å². The maximum atomic E-state index is 11.7. The highest BCUT2D eigenvalue weighted by atomic mass is 16.5. The Bertz CT molecular complexity index is 566. The van der Waals surface area contributed by atoms with Crippen LogP contribution in [0.25, 0.3) is 0 Å². The van der Waals surface area contributed by atoms with E-state index in [9.17, 15) is 14.7 Å². The van der Waals surface area contributed by atoms with Gasteiger partial charge in [0.15, 0.2) is 0 Å². The predicted molar refractivity (Wildman–Crippen MR) is 65.7 cm³/mol. The summed E-state index contributed by atoms with van der Waals surface area (Å²) in [6.07, 6.45) is -0.768. The zero-order valence-corrected chi connectivity index (χ0v) is 10.4. The molecule has 1 aliphatic heterocycles. The lowest BCUT2D eigenvalue weighted by Gasteiger charge is -2.20. The largest absolute Gasteiger partial charge is 0.395 e. The summed E-state index contributed by atoms with van der Waals surface area (Å²) in [5.74, 6) is 0. The first-order valence-corrected chi connectivity index (χ1v) is 5.96. The van der Waals surface area contributed by atoms with Crippen molar-refractivity contribution in [2.24, 2.45) is 5.73 Å². The molecule has 0 amide bonds. The fourth-order valence-electron chi connectivity index (χ4n) is 2.14. The van der Waals surface area contributed by atoms with Crippen molar-refractivity contribution in [2.75, 3.05) is 6.61 Å². The van der Waals surface area contributed by atoms with Gasteiger partial charge in [0.25, 0.3) is 5.56 Å². The monoisotopic (exact) mass is 271 g/mol. The van der Waals surface area contributed by atoms with Crippen LogP contribution in [0.3, 0.4) is 0 Å². The van der Waals surface area contributed by atoms with Gasteiger partial charge in [0.05, 0.1) is 18.8 Å². The Morgan fingerprint density at radius 1 is 1.63 bits per heavy atom. The molecule has 2 rings (SSSR count). The van der Waals surface area contributed by atoms with Crippen LogP contribution in [0.1, 0.15) is 18.2 Å². The minimum atomic E-state index is -0.869. The first kappa shape index (κ1) is 13.9. The first-order valence-electron chi connectivity index (χ1n) is 5.96. The molecule has 8 heteroatoms. The number of aryl methyl sites for hydroxylation is 1. The number of rotatable bonds is 3. The number of nitrogens with two attached hydrogens (primary N) is 1. The summed E-state index contributed by atoms with van der Waals surface area (Å²) in [6, 6.07) is -0.723. The van der Waals surface area contributed by atoms with E-state index in [-0.39, 0.29) is 13.0 Å². The average Bonchev–Trinajstić information content (AvgIpc) is 2.75. The van der Waals surface area contributed by atoms with Gasteiger partial charge >= 0.3 is 5.69 Å². The van der Waals surface area contributed by atoms with Gasteiger partial charge in [0, 0.05) is 18.2 Å². The summed E-state index contributed by atoms with van der Waals surface area (Å²) in [5, 5.41) is 18.8. The Kier molecular flexibility index (Phi) is 3.85. The third-order valence-electron chi connectivity index (χ3n) is 3.23. The van der Waals surface area contributed by atoms with E-state index < -0.39 is 35.7 Å². The molecule has 2 heterocycles.